The van der Waals surface area contributed by atoms with Crippen LogP contribution in [0.2, 0.25) is 0 Å². The minimum Gasteiger partial charge on any atom is -0.449 e. The third kappa shape index (κ3) is 5.29. The number of carbonyl (C=O) groups is 3. The number of carbonyl (C=O) groups excluding carboxylic acids is 3. The summed E-state index contributed by atoms with van der Waals surface area (Å²) in [6, 6.07) is 9.78. The Kier molecular flexibility index (Phi) is 6.47. The van der Waals surface area contributed by atoms with E-state index in [2.05, 4.69) is 17.2 Å². The van der Waals surface area contributed by atoms with Gasteiger partial charge in [0.05, 0.1) is 10.4 Å². The Bertz CT molecular complexity index is 754. The van der Waals surface area contributed by atoms with E-state index in [9.17, 15) is 14.4 Å². The Morgan fingerprint density at radius 1 is 1.24 bits per heavy atom. The molecule has 2 aromatic rings. The van der Waals surface area contributed by atoms with Gasteiger partial charge in [-0.2, -0.15) is 0 Å². The van der Waals surface area contributed by atoms with Gasteiger partial charge in [-0.3, -0.25) is 9.59 Å². The number of amides is 2. The third-order valence-electron chi connectivity index (χ3n) is 3.20. The van der Waals surface area contributed by atoms with Crippen molar-refractivity contribution < 1.29 is 19.1 Å². The molecule has 1 unspecified atom stereocenters. The first-order valence-corrected chi connectivity index (χ1v) is 8.43. The smallest absolute Gasteiger partial charge is 0.338 e. The summed E-state index contributed by atoms with van der Waals surface area (Å²) in [5.41, 5.74) is 0.851. The summed E-state index contributed by atoms with van der Waals surface area (Å²) in [5, 5.41) is 7.11. The summed E-state index contributed by atoms with van der Waals surface area (Å²) in [6.07, 6.45) is 0.626. The number of anilines is 1. The largest absolute Gasteiger partial charge is 0.449 e. The van der Waals surface area contributed by atoms with Gasteiger partial charge in [-0.1, -0.05) is 12.1 Å². The first kappa shape index (κ1) is 18.4. The molecule has 2 amide bonds. The van der Waals surface area contributed by atoms with E-state index in [1.807, 2.05) is 5.38 Å². The van der Waals surface area contributed by atoms with Crippen molar-refractivity contribution in [2.75, 3.05) is 11.9 Å². The van der Waals surface area contributed by atoms with E-state index >= 15 is 0 Å². The van der Waals surface area contributed by atoms with Crippen molar-refractivity contribution >= 4 is 34.8 Å². The molecule has 130 valence electrons. The summed E-state index contributed by atoms with van der Waals surface area (Å²) in [4.78, 5) is 36.3. The number of hydrogen-bond donors (Lipinski definition) is 2. The summed E-state index contributed by atoms with van der Waals surface area (Å²) in [5.74, 6) is -1.22. The first-order valence-electron chi connectivity index (χ1n) is 7.55. The zero-order valence-corrected chi connectivity index (χ0v) is 14.5. The molecule has 25 heavy (non-hydrogen) atoms. The van der Waals surface area contributed by atoms with Crippen molar-refractivity contribution in [2.24, 2.45) is 0 Å². The lowest BCUT2D eigenvalue weighted by molar-refractivity contribution is -0.128. The summed E-state index contributed by atoms with van der Waals surface area (Å²) < 4.78 is 5.10. The number of rotatable bonds is 7. The second-order valence-electron chi connectivity index (χ2n) is 5.09. The van der Waals surface area contributed by atoms with Crippen LogP contribution in [0.25, 0.3) is 0 Å². The SMILES string of the molecule is C=CCNC(=O)C(C)OC(=O)c1ccc(NC(=O)c2cccs2)cc1. The van der Waals surface area contributed by atoms with E-state index in [1.54, 1.807) is 24.3 Å². The van der Waals surface area contributed by atoms with Gasteiger partial charge in [0.1, 0.15) is 0 Å². The van der Waals surface area contributed by atoms with Gasteiger partial charge in [0.15, 0.2) is 6.10 Å². The molecule has 1 heterocycles. The quantitative estimate of drug-likeness (QED) is 0.589. The van der Waals surface area contributed by atoms with Gasteiger partial charge in [-0.25, -0.2) is 4.79 Å². The molecular formula is C18H18N2O4S. The molecule has 0 radical (unpaired) electrons. The summed E-state index contributed by atoms with van der Waals surface area (Å²) >= 11 is 1.34. The highest BCUT2D eigenvalue weighted by Gasteiger charge is 2.18. The maximum Gasteiger partial charge on any atom is 0.338 e. The van der Waals surface area contributed by atoms with Crippen LogP contribution in [-0.4, -0.2) is 30.4 Å². The lowest BCUT2D eigenvalue weighted by Gasteiger charge is -2.13. The van der Waals surface area contributed by atoms with Crippen LogP contribution < -0.4 is 10.6 Å². The van der Waals surface area contributed by atoms with Crippen LogP contribution >= 0.6 is 11.3 Å². The Morgan fingerprint density at radius 3 is 2.56 bits per heavy atom. The summed E-state index contributed by atoms with van der Waals surface area (Å²) in [7, 11) is 0. The molecule has 0 aliphatic heterocycles. The maximum atomic E-state index is 12.0. The number of nitrogens with one attached hydrogen (secondary N) is 2. The Morgan fingerprint density at radius 2 is 1.96 bits per heavy atom. The van der Waals surface area contributed by atoms with Crippen LogP contribution in [0.1, 0.15) is 27.0 Å². The van der Waals surface area contributed by atoms with E-state index in [0.717, 1.165) is 0 Å². The van der Waals surface area contributed by atoms with E-state index in [4.69, 9.17) is 4.74 Å². The molecule has 6 nitrogen and oxygen atoms in total. The van der Waals surface area contributed by atoms with Crippen molar-refractivity contribution in [1.29, 1.82) is 0 Å². The number of benzene rings is 1. The fourth-order valence-electron chi connectivity index (χ4n) is 1.89. The van der Waals surface area contributed by atoms with Crippen LogP contribution in [0.5, 0.6) is 0 Å². The molecule has 1 aromatic carbocycles. The highest BCUT2D eigenvalue weighted by atomic mass is 32.1. The highest BCUT2D eigenvalue weighted by Crippen LogP contribution is 2.15. The number of hydrogen-bond acceptors (Lipinski definition) is 5. The average Bonchev–Trinajstić information content (AvgIpc) is 3.14. The fourth-order valence-corrected chi connectivity index (χ4v) is 2.51. The topological polar surface area (TPSA) is 84.5 Å². The van der Waals surface area contributed by atoms with Crippen molar-refractivity contribution in [2.45, 2.75) is 13.0 Å². The molecule has 0 bridgehead atoms. The Balaban J connectivity index is 1.92. The highest BCUT2D eigenvalue weighted by molar-refractivity contribution is 7.12. The van der Waals surface area contributed by atoms with Gasteiger partial charge in [-0.15, -0.1) is 17.9 Å². The first-order chi connectivity index (χ1) is 12.0. The van der Waals surface area contributed by atoms with Crippen LogP contribution in [0.15, 0.2) is 54.4 Å². The van der Waals surface area contributed by atoms with Crippen molar-refractivity contribution in [1.82, 2.24) is 5.32 Å². The molecule has 2 rings (SSSR count). The van der Waals surface area contributed by atoms with E-state index in [-0.39, 0.29) is 11.5 Å². The van der Waals surface area contributed by atoms with Gasteiger partial charge in [0.2, 0.25) is 0 Å². The standard InChI is InChI=1S/C18H18N2O4S/c1-3-10-19-16(21)12(2)24-18(23)13-6-8-14(9-7-13)20-17(22)15-5-4-11-25-15/h3-9,11-12H,1,10H2,2H3,(H,19,21)(H,20,22). The van der Waals surface area contributed by atoms with Gasteiger partial charge in [-0.05, 0) is 42.6 Å². The van der Waals surface area contributed by atoms with Gasteiger partial charge >= 0.3 is 5.97 Å². The lowest BCUT2D eigenvalue weighted by Crippen LogP contribution is -2.35. The molecule has 0 saturated heterocycles. The number of thiophene rings is 1. The van der Waals surface area contributed by atoms with Crippen LogP contribution in [0.3, 0.4) is 0 Å². The van der Waals surface area contributed by atoms with Crippen molar-refractivity contribution in [3.05, 3.63) is 64.9 Å². The van der Waals surface area contributed by atoms with E-state index in [0.29, 0.717) is 17.1 Å². The number of ether oxygens (including phenoxy) is 1. The van der Waals surface area contributed by atoms with Gasteiger partial charge in [0, 0.05) is 12.2 Å². The number of esters is 1. The minimum atomic E-state index is -0.911. The minimum absolute atomic E-state index is 0.210. The predicted octanol–water partition coefficient (Wildman–Crippen LogP) is 2.85. The van der Waals surface area contributed by atoms with Crippen molar-refractivity contribution in [3.8, 4) is 0 Å². The van der Waals surface area contributed by atoms with Gasteiger partial charge < -0.3 is 15.4 Å². The van der Waals surface area contributed by atoms with Gasteiger partial charge in [0.25, 0.3) is 11.8 Å². The second-order valence-corrected chi connectivity index (χ2v) is 6.04. The Labute approximate surface area is 149 Å². The molecule has 0 aliphatic rings. The van der Waals surface area contributed by atoms with Crippen LogP contribution in [0.4, 0.5) is 5.69 Å². The zero-order valence-electron chi connectivity index (χ0n) is 13.7. The molecule has 2 N–H and O–H groups in total. The third-order valence-corrected chi connectivity index (χ3v) is 4.07. The molecule has 0 saturated carbocycles. The van der Waals surface area contributed by atoms with Crippen LogP contribution in [0, 0.1) is 0 Å². The monoisotopic (exact) mass is 358 g/mol. The molecule has 7 heteroatoms. The zero-order chi connectivity index (χ0) is 18.2. The normalized spacial score (nSPS) is 11.2. The maximum absolute atomic E-state index is 12.0. The predicted molar refractivity (Wildman–Crippen MR) is 96.8 cm³/mol. The second kappa shape index (κ2) is 8.79. The van der Waals surface area contributed by atoms with E-state index < -0.39 is 18.0 Å². The lowest BCUT2D eigenvalue weighted by atomic mass is 10.2. The molecule has 0 spiro atoms. The molecular weight excluding hydrogens is 340 g/mol. The fraction of sp³-hybridized carbons (Fsp3) is 0.167. The molecule has 1 aromatic heterocycles. The summed E-state index contributed by atoms with van der Waals surface area (Å²) in [6.45, 7) is 5.29. The van der Waals surface area contributed by atoms with Crippen LogP contribution in [-0.2, 0) is 9.53 Å². The molecule has 0 fully saturated rings. The average molecular weight is 358 g/mol. The Hall–Kier alpha value is -2.93. The van der Waals surface area contributed by atoms with Crippen molar-refractivity contribution in [3.63, 3.8) is 0 Å². The van der Waals surface area contributed by atoms with E-state index in [1.165, 1.54) is 36.5 Å². The molecule has 1 atom stereocenters. The molecule has 0 aliphatic carbocycles.